The summed E-state index contributed by atoms with van der Waals surface area (Å²) in [5.41, 5.74) is 7.29. The van der Waals surface area contributed by atoms with Crippen molar-refractivity contribution in [2.75, 3.05) is 24.4 Å². The summed E-state index contributed by atoms with van der Waals surface area (Å²) in [7, 11) is 0. The van der Waals surface area contributed by atoms with Gasteiger partial charge >= 0.3 is 6.03 Å². The maximum absolute atomic E-state index is 13.1. The predicted molar refractivity (Wildman–Crippen MR) is 110 cm³/mol. The fourth-order valence-corrected chi connectivity index (χ4v) is 4.13. The highest BCUT2D eigenvalue weighted by molar-refractivity contribution is 6.11. The molecular weight excluding hydrogens is 412 g/mol. The molecule has 1 unspecified atom stereocenters. The van der Waals surface area contributed by atoms with Gasteiger partial charge < -0.3 is 25.8 Å². The van der Waals surface area contributed by atoms with Gasteiger partial charge in [0.15, 0.2) is 11.5 Å². The van der Waals surface area contributed by atoms with Gasteiger partial charge in [-0.25, -0.2) is 4.79 Å². The zero-order valence-corrected chi connectivity index (χ0v) is 16.6. The van der Waals surface area contributed by atoms with E-state index in [0.717, 1.165) is 16.0 Å². The maximum atomic E-state index is 13.1. The topological polar surface area (TPSA) is 123 Å². The Morgan fingerprint density at radius 2 is 1.93 bits per heavy atom. The van der Waals surface area contributed by atoms with E-state index in [1.54, 1.807) is 12.1 Å². The van der Waals surface area contributed by atoms with Gasteiger partial charge in [0.05, 0.1) is 11.4 Å². The van der Waals surface area contributed by atoms with Crippen molar-refractivity contribution in [3.63, 3.8) is 0 Å². The molecule has 1 aliphatic carbocycles. The Hall–Kier alpha value is -3.46. The van der Waals surface area contributed by atoms with Crippen LogP contribution in [0.15, 0.2) is 36.4 Å². The third-order valence-electron chi connectivity index (χ3n) is 5.54. The minimum Gasteiger partial charge on any atom is -0.454 e. The van der Waals surface area contributed by atoms with Crippen molar-refractivity contribution in [3.8, 4) is 11.5 Å². The SMILES string of the molecule is Cl.Nc1cc2c(cc1NC(=O)CN1C(=O)NC3(CCc4ccccc43)C1=O)OCO2. The zero-order chi connectivity index (χ0) is 20.2. The average Bonchev–Trinajstić information content (AvgIpc) is 3.36. The molecular formula is C20H19ClN4O5. The minimum atomic E-state index is -1.09. The Morgan fingerprint density at radius 1 is 1.20 bits per heavy atom. The highest BCUT2D eigenvalue weighted by Crippen LogP contribution is 2.41. The number of nitrogens with two attached hydrogens (primary N) is 1. The largest absolute Gasteiger partial charge is 0.454 e. The molecule has 4 amide bonds. The number of halogens is 1. The van der Waals surface area contributed by atoms with Crippen LogP contribution in [-0.2, 0) is 21.5 Å². The summed E-state index contributed by atoms with van der Waals surface area (Å²) in [4.78, 5) is 39.1. The predicted octanol–water partition coefficient (Wildman–Crippen LogP) is 1.75. The van der Waals surface area contributed by atoms with Crippen molar-refractivity contribution >= 4 is 41.6 Å². The van der Waals surface area contributed by atoms with Crippen molar-refractivity contribution in [2.45, 2.75) is 18.4 Å². The van der Waals surface area contributed by atoms with Crippen molar-refractivity contribution in [1.82, 2.24) is 10.2 Å². The molecule has 30 heavy (non-hydrogen) atoms. The van der Waals surface area contributed by atoms with E-state index in [4.69, 9.17) is 15.2 Å². The van der Waals surface area contributed by atoms with E-state index >= 15 is 0 Å². The molecule has 0 bridgehead atoms. The minimum absolute atomic E-state index is 0. The molecule has 9 nitrogen and oxygen atoms in total. The van der Waals surface area contributed by atoms with Gasteiger partial charge in [0.2, 0.25) is 12.7 Å². The third-order valence-corrected chi connectivity index (χ3v) is 5.54. The van der Waals surface area contributed by atoms with Crippen molar-refractivity contribution in [2.24, 2.45) is 0 Å². The van der Waals surface area contributed by atoms with Crippen LogP contribution in [0.1, 0.15) is 17.5 Å². The molecule has 1 atom stereocenters. The molecule has 5 rings (SSSR count). The van der Waals surface area contributed by atoms with Crippen molar-refractivity contribution in [3.05, 3.63) is 47.5 Å². The molecule has 2 aliphatic heterocycles. The van der Waals surface area contributed by atoms with E-state index in [0.29, 0.717) is 35.7 Å². The second-order valence-electron chi connectivity index (χ2n) is 7.22. The molecule has 4 N–H and O–H groups in total. The van der Waals surface area contributed by atoms with Gasteiger partial charge in [-0.15, -0.1) is 12.4 Å². The fraction of sp³-hybridized carbons (Fsp3) is 0.250. The summed E-state index contributed by atoms with van der Waals surface area (Å²) in [6.07, 6.45) is 1.17. The number of hydrogen-bond acceptors (Lipinski definition) is 6. The van der Waals surface area contributed by atoms with Gasteiger partial charge in [0.1, 0.15) is 12.1 Å². The van der Waals surface area contributed by atoms with E-state index in [1.807, 2.05) is 24.3 Å². The van der Waals surface area contributed by atoms with Gasteiger partial charge in [-0.2, -0.15) is 0 Å². The molecule has 2 aromatic rings. The highest BCUT2D eigenvalue weighted by atomic mass is 35.5. The van der Waals surface area contributed by atoms with E-state index in [1.165, 1.54) is 0 Å². The van der Waals surface area contributed by atoms with E-state index in [9.17, 15) is 14.4 Å². The number of nitrogen functional groups attached to an aromatic ring is 1. The summed E-state index contributed by atoms with van der Waals surface area (Å²) in [5.74, 6) is 0.00565. The summed E-state index contributed by atoms with van der Waals surface area (Å²) in [6.45, 7) is -0.333. The molecule has 1 spiro atoms. The molecule has 10 heteroatoms. The van der Waals surface area contributed by atoms with E-state index < -0.39 is 29.9 Å². The smallest absolute Gasteiger partial charge is 0.325 e. The van der Waals surface area contributed by atoms with E-state index in [-0.39, 0.29) is 19.2 Å². The number of benzene rings is 2. The maximum Gasteiger partial charge on any atom is 0.325 e. The Bertz CT molecular complexity index is 1080. The number of ether oxygens (including phenoxy) is 2. The number of nitrogens with zero attached hydrogens (tertiary/aromatic N) is 1. The third kappa shape index (κ3) is 2.89. The molecule has 0 radical (unpaired) electrons. The van der Waals surface area contributed by atoms with Gasteiger partial charge in [0, 0.05) is 12.1 Å². The fourth-order valence-electron chi connectivity index (χ4n) is 4.13. The van der Waals surface area contributed by atoms with Crippen LogP contribution in [0.2, 0.25) is 0 Å². The number of hydrogen-bond donors (Lipinski definition) is 3. The molecule has 1 saturated heterocycles. The summed E-state index contributed by atoms with van der Waals surface area (Å²) < 4.78 is 10.5. The lowest BCUT2D eigenvalue weighted by Gasteiger charge is -2.22. The van der Waals surface area contributed by atoms with Gasteiger partial charge in [-0.05, 0) is 24.0 Å². The first-order valence-corrected chi connectivity index (χ1v) is 9.19. The first-order chi connectivity index (χ1) is 14.0. The number of carbonyl (C=O) groups is 3. The number of aryl methyl sites for hydroxylation is 1. The Labute approximate surface area is 177 Å². The average molecular weight is 431 g/mol. The Morgan fingerprint density at radius 3 is 2.73 bits per heavy atom. The molecule has 156 valence electrons. The van der Waals surface area contributed by atoms with Crippen LogP contribution in [0.4, 0.5) is 16.2 Å². The number of amides is 4. The highest BCUT2D eigenvalue weighted by Gasteiger charge is 2.55. The number of fused-ring (bicyclic) bond motifs is 3. The molecule has 0 aromatic heterocycles. The van der Waals surface area contributed by atoms with Crippen LogP contribution >= 0.6 is 12.4 Å². The summed E-state index contributed by atoms with van der Waals surface area (Å²) in [5, 5.41) is 5.43. The van der Waals surface area contributed by atoms with Crippen molar-refractivity contribution in [1.29, 1.82) is 0 Å². The van der Waals surface area contributed by atoms with Crippen LogP contribution in [0, 0.1) is 0 Å². The standard InChI is InChI=1S/C20H18N4O5.ClH/c21-13-7-15-16(29-10-28-15)8-14(13)22-17(25)9-24-18(26)20(23-19(24)27)6-5-11-3-1-2-4-12(11)20;/h1-4,7-8H,5-6,9-10,21H2,(H,22,25)(H,23,27);1H. The lowest BCUT2D eigenvalue weighted by atomic mass is 9.92. The summed E-state index contributed by atoms with van der Waals surface area (Å²) in [6, 6.07) is 10.1. The Kier molecular flexibility index (Phi) is 4.70. The molecule has 1 fully saturated rings. The van der Waals surface area contributed by atoms with Crippen molar-refractivity contribution < 1.29 is 23.9 Å². The first-order valence-electron chi connectivity index (χ1n) is 9.19. The number of carbonyl (C=O) groups excluding carboxylic acids is 3. The monoisotopic (exact) mass is 430 g/mol. The molecule has 2 aromatic carbocycles. The van der Waals surface area contributed by atoms with Gasteiger partial charge in [-0.3, -0.25) is 14.5 Å². The van der Waals surface area contributed by atoms with Crippen LogP contribution < -0.4 is 25.8 Å². The Balaban J connectivity index is 0.00000218. The molecule has 3 aliphatic rings. The second kappa shape index (κ2) is 7.10. The lowest BCUT2D eigenvalue weighted by Crippen LogP contribution is -2.43. The van der Waals surface area contributed by atoms with Crippen LogP contribution in [0.25, 0.3) is 0 Å². The van der Waals surface area contributed by atoms with Crippen LogP contribution in [0.3, 0.4) is 0 Å². The quantitative estimate of drug-likeness (QED) is 0.503. The molecule has 2 heterocycles. The number of nitrogens with one attached hydrogen (secondary N) is 2. The number of anilines is 2. The van der Waals surface area contributed by atoms with Crippen LogP contribution in [0.5, 0.6) is 11.5 Å². The van der Waals surface area contributed by atoms with Gasteiger partial charge in [0.25, 0.3) is 5.91 Å². The van der Waals surface area contributed by atoms with Crippen LogP contribution in [-0.4, -0.2) is 36.1 Å². The first kappa shape index (κ1) is 19.8. The molecule has 0 saturated carbocycles. The lowest BCUT2D eigenvalue weighted by molar-refractivity contribution is -0.134. The number of rotatable bonds is 3. The normalized spacial score (nSPS) is 20.7. The van der Waals surface area contributed by atoms with Gasteiger partial charge in [-0.1, -0.05) is 24.3 Å². The second-order valence-corrected chi connectivity index (χ2v) is 7.22. The number of imide groups is 1. The number of urea groups is 1. The summed E-state index contributed by atoms with van der Waals surface area (Å²) >= 11 is 0. The van der Waals surface area contributed by atoms with E-state index in [2.05, 4.69) is 10.6 Å². The zero-order valence-electron chi connectivity index (χ0n) is 15.8.